The summed E-state index contributed by atoms with van der Waals surface area (Å²) >= 11 is 0. The van der Waals surface area contributed by atoms with E-state index in [1.165, 1.54) is 95.6 Å². The first-order valence-corrected chi connectivity index (χ1v) is 19.7. The molecular formula is C33H63NO8PS+. The van der Waals surface area contributed by atoms with E-state index < -0.39 is 30.7 Å². The average Bonchev–Trinajstić information content (AvgIpc) is 2.94. The molecule has 0 spiro atoms. The van der Waals surface area contributed by atoms with E-state index in [1.54, 1.807) is 12.1 Å². The minimum atomic E-state index is -4.40. The molecule has 0 heterocycles. The number of ether oxygens (including phenoxy) is 1. The molecule has 2 unspecified atom stereocenters. The number of likely N-dealkylation sites (N-methyl/N-ethyl adjacent to an activating group) is 1. The lowest BCUT2D eigenvalue weighted by molar-refractivity contribution is -0.870. The van der Waals surface area contributed by atoms with Gasteiger partial charge in [-0.1, -0.05) is 121 Å². The van der Waals surface area contributed by atoms with E-state index in [1.807, 2.05) is 28.1 Å². The van der Waals surface area contributed by atoms with Gasteiger partial charge in [0.05, 0.1) is 39.3 Å². The monoisotopic (exact) mass is 664 g/mol. The van der Waals surface area contributed by atoms with Gasteiger partial charge in [-0.2, -0.15) is 8.42 Å². The van der Waals surface area contributed by atoms with Crippen LogP contribution in [0.2, 0.25) is 0 Å². The molecule has 0 aliphatic heterocycles. The first-order chi connectivity index (χ1) is 20.8. The van der Waals surface area contributed by atoms with E-state index in [4.69, 9.17) is 18.0 Å². The van der Waals surface area contributed by atoms with Crippen LogP contribution in [0, 0.1) is 6.92 Å². The number of quaternary nitrogens is 1. The Kier molecular flexibility index (Phi) is 22.0. The van der Waals surface area contributed by atoms with Gasteiger partial charge in [-0.25, -0.2) is 4.57 Å². The van der Waals surface area contributed by atoms with Crippen molar-refractivity contribution in [2.24, 2.45) is 0 Å². The van der Waals surface area contributed by atoms with Crippen LogP contribution in [0.4, 0.5) is 0 Å². The van der Waals surface area contributed by atoms with Gasteiger partial charge in [0.25, 0.3) is 10.1 Å². The van der Waals surface area contributed by atoms with E-state index in [2.05, 4.69) is 6.92 Å². The van der Waals surface area contributed by atoms with E-state index in [9.17, 15) is 17.9 Å². The average molecular weight is 665 g/mol. The van der Waals surface area contributed by atoms with Crippen LogP contribution in [-0.4, -0.2) is 78.0 Å². The summed E-state index contributed by atoms with van der Waals surface area (Å²) in [7, 11) is -2.72. The molecule has 0 saturated heterocycles. The first kappa shape index (κ1) is 41.2. The molecule has 0 saturated carbocycles. The molecular weight excluding hydrogens is 601 g/mol. The largest absolute Gasteiger partial charge is 0.472 e. The molecule has 1 aromatic carbocycles. The van der Waals surface area contributed by atoms with Crippen molar-refractivity contribution in [3.05, 3.63) is 29.8 Å². The highest BCUT2D eigenvalue weighted by Crippen LogP contribution is 2.43. The van der Waals surface area contributed by atoms with Crippen LogP contribution in [-0.2, 0) is 32.7 Å². The molecule has 0 bridgehead atoms. The minimum absolute atomic E-state index is 0.00252. The van der Waals surface area contributed by atoms with Crippen LogP contribution in [0.1, 0.15) is 115 Å². The number of hydrogen-bond donors (Lipinski definition) is 1. The fourth-order valence-electron chi connectivity index (χ4n) is 4.65. The summed E-state index contributed by atoms with van der Waals surface area (Å²) < 4.78 is 59.9. The van der Waals surface area contributed by atoms with Gasteiger partial charge in [0.2, 0.25) is 0 Å². The lowest BCUT2D eigenvalue weighted by Gasteiger charge is -2.24. The van der Waals surface area contributed by atoms with Crippen LogP contribution < -0.4 is 0 Å². The highest BCUT2D eigenvalue weighted by atomic mass is 32.2. The predicted octanol–water partition coefficient (Wildman–Crippen LogP) is 8.19. The van der Waals surface area contributed by atoms with Crippen LogP contribution in [0.25, 0.3) is 0 Å². The Morgan fingerprint density at radius 3 is 1.68 bits per heavy atom. The van der Waals surface area contributed by atoms with Gasteiger partial charge in [0.1, 0.15) is 19.3 Å². The fraction of sp³-hybridized carbons (Fsp3) is 0.818. The molecule has 11 heteroatoms. The van der Waals surface area contributed by atoms with Crippen molar-refractivity contribution >= 4 is 17.9 Å². The maximum absolute atomic E-state index is 12.9. The molecule has 1 N–H and O–H groups in total. The Hall–Kier alpha value is -0.840. The van der Waals surface area contributed by atoms with Crippen LogP contribution >= 0.6 is 7.82 Å². The van der Waals surface area contributed by atoms with Crippen LogP contribution in [0.5, 0.6) is 0 Å². The Morgan fingerprint density at radius 1 is 0.727 bits per heavy atom. The summed E-state index contributed by atoms with van der Waals surface area (Å²) in [6.07, 6.45) is 19.4. The van der Waals surface area contributed by atoms with Gasteiger partial charge in [-0.15, -0.1) is 0 Å². The van der Waals surface area contributed by atoms with Crippen molar-refractivity contribution in [2.45, 2.75) is 128 Å². The Morgan fingerprint density at radius 2 is 1.20 bits per heavy atom. The second-order valence-corrected chi connectivity index (χ2v) is 16.0. The normalized spacial score (nSPS) is 14.5. The highest BCUT2D eigenvalue weighted by Gasteiger charge is 2.28. The lowest BCUT2D eigenvalue weighted by atomic mass is 10.0. The summed E-state index contributed by atoms with van der Waals surface area (Å²) in [6, 6.07) is 6.29. The third-order valence-electron chi connectivity index (χ3n) is 7.46. The van der Waals surface area contributed by atoms with E-state index in [-0.39, 0.29) is 18.1 Å². The predicted molar refractivity (Wildman–Crippen MR) is 178 cm³/mol. The summed E-state index contributed by atoms with van der Waals surface area (Å²) in [5.74, 6) is 0. The van der Waals surface area contributed by atoms with E-state index in [0.29, 0.717) is 17.6 Å². The van der Waals surface area contributed by atoms with Crippen molar-refractivity contribution in [3.8, 4) is 0 Å². The summed E-state index contributed by atoms with van der Waals surface area (Å²) in [5, 5.41) is 0. The fourth-order valence-corrected chi connectivity index (χ4v) is 6.45. The maximum atomic E-state index is 12.9. The highest BCUT2D eigenvalue weighted by molar-refractivity contribution is 7.86. The Bertz CT molecular complexity index is 998. The maximum Gasteiger partial charge on any atom is 0.472 e. The number of rotatable bonds is 29. The third kappa shape index (κ3) is 22.6. The van der Waals surface area contributed by atoms with E-state index >= 15 is 0 Å². The van der Waals surface area contributed by atoms with Gasteiger partial charge in [-0.05, 0) is 25.5 Å². The van der Waals surface area contributed by atoms with Gasteiger partial charge < -0.3 is 14.1 Å². The molecule has 0 radical (unpaired) electrons. The number of hydrogen-bond acceptors (Lipinski definition) is 7. The van der Waals surface area contributed by atoms with Gasteiger partial charge in [0, 0.05) is 6.61 Å². The zero-order valence-corrected chi connectivity index (χ0v) is 30.1. The van der Waals surface area contributed by atoms with Crippen molar-refractivity contribution in [1.29, 1.82) is 0 Å². The number of benzene rings is 1. The molecule has 0 aliphatic rings. The van der Waals surface area contributed by atoms with Crippen molar-refractivity contribution in [1.82, 2.24) is 0 Å². The Labute approximate surface area is 269 Å². The molecule has 258 valence electrons. The molecule has 0 aromatic heterocycles. The first-order valence-electron chi connectivity index (χ1n) is 16.8. The van der Waals surface area contributed by atoms with Gasteiger partial charge in [-0.3, -0.25) is 13.2 Å². The molecule has 9 nitrogen and oxygen atoms in total. The number of unbranched alkanes of at least 4 members (excludes halogenated alkanes) is 15. The molecule has 0 aliphatic carbocycles. The summed E-state index contributed by atoms with van der Waals surface area (Å²) in [6.45, 7) is 4.51. The lowest BCUT2D eigenvalue weighted by Crippen LogP contribution is -2.37. The smallest absolute Gasteiger partial charge is 0.379 e. The van der Waals surface area contributed by atoms with Crippen molar-refractivity contribution in [2.75, 3.05) is 54.1 Å². The number of phosphoric acid groups is 1. The number of nitrogens with zero attached hydrogens (tertiary/aromatic N) is 1. The van der Waals surface area contributed by atoms with Crippen LogP contribution in [0.3, 0.4) is 0 Å². The minimum Gasteiger partial charge on any atom is -0.379 e. The molecule has 0 amide bonds. The standard InChI is InChI=1S/C33H62NO8PS/c1-6-7-8-9-10-11-12-13-14-15-16-17-18-19-20-21-27-39-29-32(30-41-43(35,36)40-28-26-34(3,4)5)42-44(37,38)33-24-22-31(2)23-25-33/h22-25,32H,6-21,26-30H2,1-5H3/p+1. The van der Waals surface area contributed by atoms with Gasteiger partial charge >= 0.3 is 7.82 Å². The molecule has 2 atom stereocenters. The zero-order valence-electron chi connectivity index (χ0n) is 28.3. The Balaban J connectivity index is 2.32. The number of aryl methyl sites for hydroxylation is 1. The summed E-state index contributed by atoms with van der Waals surface area (Å²) in [5.41, 5.74) is 0.915. The van der Waals surface area contributed by atoms with Crippen LogP contribution in [0.15, 0.2) is 29.2 Å². The van der Waals surface area contributed by atoms with Gasteiger partial charge in [0.15, 0.2) is 0 Å². The SMILES string of the molecule is CCCCCCCCCCCCCCCCCCOCC(COP(=O)(O)OCC[N+](C)(C)C)OS(=O)(=O)c1ccc(C)cc1. The second-order valence-electron chi connectivity index (χ2n) is 13.0. The molecule has 1 rings (SSSR count). The van der Waals surface area contributed by atoms with E-state index in [0.717, 1.165) is 24.8 Å². The number of phosphoric ester groups is 1. The second kappa shape index (κ2) is 23.5. The summed E-state index contributed by atoms with van der Waals surface area (Å²) in [4.78, 5) is 10.1. The molecule has 44 heavy (non-hydrogen) atoms. The molecule has 1 aromatic rings. The van der Waals surface area contributed by atoms with Crippen molar-refractivity contribution < 1.29 is 40.3 Å². The zero-order chi connectivity index (χ0) is 32.7. The topological polar surface area (TPSA) is 108 Å². The quantitative estimate of drug-likeness (QED) is 0.0395. The molecule has 0 fully saturated rings. The third-order valence-corrected chi connectivity index (χ3v) is 9.82. The van der Waals surface area contributed by atoms with Crippen molar-refractivity contribution in [3.63, 3.8) is 0 Å².